The van der Waals surface area contributed by atoms with Gasteiger partial charge in [-0.1, -0.05) is 0 Å². The van der Waals surface area contributed by atoms with Crippen molar-refractivity contribution in [3.8, 4) is 0 Å². The van der Waals surface area contributed by atoms with Gasteiger partial charge in [0.15, 0.2) is 36.2 Å². The second kappa shape index (κ2) is 31.8. The largest absolute Gasteiger partial charge is 0.467 e. The van der Waals surface area contributed by atoms with E-state index in [0.717, 1.165) is 7.11 Å². The SMILES string of the molecule is COC(=O)[C@H](C)NC(=O)C[C@H](NC(=O)[C@H](C)NC(=O)[C@H](C)NC(=O)[C@H](C)NC(=O)[C@H](C)NC(=O)[C@H](C)NC(=O)C[C@H](NC(=O)[C@H](C)NC(=O)C[C@H](NC(=O)OC(C)(C)C)[C@H]1O[C@@H]2OC(C)(C)O[C@@H]2[C@H]1OC)[C@H]1O[C@@H]2OC(C)(C)O[C@@H]2[C@H]1OC)[C@H]1O[C@@H]2OC(C)(C)O[C@@H]2[C@H]1OC. The van der Waals surface area contributed by atoms with Crippen LogP contribution in [0.4, 0.5) is 4.79 Å². The fourth-order valence-corrected chi connectivity index (χ4v) is 11.6. The molecule has 35 nitrogen and oxygen atoms in total. The van der Waals surface area contributed by atoms with Gasteiger partial charge in [-0.3, -0.25) is 43.2 Å². The molecule has 10 N–H and O–H groups in total. The van der Waals surface area contributed by atoms with Crippen molar-refractivity contribution in [1.29, 1.82) is 0 Å². The van der Waals surface area contributed by atoms with E-state index < -0.39 is 242 Å². The third kappa shape index (κ3) is 20.5. The van der Waals surface area contributed by atoms with E-state index in [1.807, 2.05) is 0 Å². The number of hydrogen-bond donors (Lipinski definition) is 10. The molecular formula is C60H98N10O25. The number of methoxy groups -OCH3 is 4. The number of fused-ring (bicyclic) bond motifs is 3. The molecule has 22 atom stereocenters. The van der Waals surface area contributed by atoms with Gasteiger partial charge in [0.2, 0.25) is 53.2 Å². The normalized spacial score (nSPS) is 29.9. The maximum atomic E-state index is 14.1. The fraction of sp³-hybridized carbons (Fsp3) is 0.817. The van der Waals surface area contributed by atoms with Gasteiger partial charge >= 0.3 is 12.1 Å². The van der Waals surface area contributed by atoms with E-state index >= 15 is 0 Å². The van der Waals surface area contributed by atoms with Crippen molar-refractivity contribution in [2.75, 3.05) is 28.4 Å². The topological polar surface area (TPSA) is 437 Å². The molecule has 6 heterocycles. The lowest BCUT2D eigenvalue weighted by atomic mass is 9.99. The van der Waals surface area contributed by atoms with Gasteiger partial charge < -0.3 is 119 Å². The summed E-state index contributed by atoms with van der Waals surface area (Å²) in [6.45, 7) is 24.5. The summed E-state index contributed by atoms with van der Waals surface area (Å²) < 4.78 is 81.7. The molecule has 10 amide bonds. The molecule has 0 saturated carbocycles. The van der Waals surface area contributed by atoms with Gasteiger partial charge in [-0.25, -0.2) is 9.59 Å². The predicted molar refractivity (Wildman–Crippen MR) is 325 cm³/mol. The minimum atomic E-state index is -1.30. The van der Waals surface area contributed by atoms with Gasteiger partial charge in [0.1, 0.15) is 103 Å². The highest BCUT2D eigenvalue weighted by Crippen LogP contribution is 2.43. The lowest BCUT2D eigenvalue weighted by Gasteiger charge is -2.32. The van der Waals surface area contributed by atoms with Gasteiger partial charge in [0.25, 0.3) is 0 Å². The first-order valence-electron chi connectivity index (χ1n) is 31.5. The van der Waals surface area contributed by atoms with Crippen molar-refractivity contribution >= 4 is 65.2 Å². The molecule has 538 valence electrons. The molecule has 0 radical (unpaired) electrons. The van der Waals surface area contributed by atoms with Crippen LogP contribution in [-0.4, -0.2) is 251 Å². The van der Waals surface area contributed by atoms with E-state index in [1.165, 1.54) is 69.8 Å². The standard InChI is InChI=1S/C60H98N10O25/c1-24(46(74)64-26(3)47(75)65-27(4)48(76)66-28(5)49(77)67-29(6)51(79)69-32(22-36(73)63-30(7)52(80)85-20)38-41(83-18)44-54(87-38)93-59(13,14)90-44)61-34(71)21-31(37-40(82-17)43-53(86-37)92-58(11,12)89-43)68-50(78)25(2)62-35(72)23-33(70-56(81)95-57(8,9)10)39-42(84-19)45-55(88-39)94-60(15,16)91-45/h24-33,37-45,53-55H,21-23H2,1-20H3,(H,61,71)(H,62,72)(H,63,73)(H,64,74)(H,65,75)(H,66,76)(H,67,77)(H,68,78)(H,69,79)(H,70,81)/t24-,25-,26-,27-,28-,29-,30-,31-,32-,33-,37+,38+,39+,40-,41-,42-,43+,44+,45+,53+,54+,55+/m0/s1. The predicted octanol–water partition coefficient (Wildman–Crippen LogP) is -2.60. The van der Waals surface area contributed by atoms with Crippen molar-refractivity contribution in [2.24, 2.45) is 0 Å². The van der Waals surface area contributed by atoms with Crippen molar-refractivity contribution < 1.29 is 119 Å². The molecule has 0 aliphatic carbocycles. The zero-order chi connectivity index (χ0) is 71.1. The molecular weight excluding hydrogens is 1260 g/mol. The number of ether oxygens (including phenoxy) is 14. The van der Waals surface area contributed by atoms with Crippen molar-refractivity contribution in [2.45, 2.75) is 287 Å². The number of esters is 1. The minimum Gasteiger partial charge on any atom is -0.467 e. The number of carbonyl (C=O) groups is 11. The molecule has 6 rings (SSSR count). The monoisotopic (exact) mass is 1360 g/mol. The van der Waals surface area contributed by atoms with E-state index in [2.05, 4.69) is 53.2 Å². The quantitative estimate of drug-likeness (QED) is 0.0343. The molecule has 0 bridgehead atoms. The van der Waals surface area contributed by atoms with Crippen molar-refractivity contribution in [3.05, 3.63) is 0 Å². The van der Waals surface area contributed by atoms with E-state index in [9.17, 15) is 52.7 Å². The molecule has 0 aromatic heterocycles. The third-order valence-electron chi connectivity index (χ3n) is 16.1. The Labute approximate surface area is 551 Å². The maximum absolute atomic E-state index is 14.1. The average Bonchev–Trinajstić information content (AvgIpc) is 1.63. The summed E-state index contributed by atoms with van der Waals surface area (Å²) in [7, 11) is 5.35. The highest BCUT2D eigenvalue weighted by atomic mass is 16.9. The van der Waals surface area contributed by atoms with Crippen LogP contribution in [0.3, 0.4) is 0 Å². The summed E-state index contributed by atoms with van der Waals surface area (Å²) in [5.41, 5.74) is -0.910. The van der Waals surface area contributed by atoms with Gasteiger partial charge in [0.05, 0.1) is 25.2 Å². The average molecular weight is 1360 g/mol. The Morgan fingerprint density at radius 1 is 0.368 bits per heavy atom. The first-order chi connectivity index (χ1) is 44.1. The second-order valence-corrected chi connectivity index (χ2v) is 26.7. The molecule has 0 spiro atoms. The number of rotatable bonds is 29. The van der Waals surface area contributed by atoms with Gasteiger partial charge in [-0.2, -0.15) is 0 Å². The molecule has 35 heteroatoms. The summed E-state index contributed by atoms with van der Waals surface area (Å²) in [4.78, 5) is 148. The van der Waals surface area contributed by atoms with Crippen LogP contribution in [0.2, 0.25) is 0 Å². The number of carbonyl (C=O) groups excluding carboxylic acids is 11. The van der Waals surface area contributed by atoms with Gasteiger partial charge in [-0.15, -0.1) is 0 Å². The second-order valence-electron chi connectivity index (χ2n) is 26.7. The first kappa shape index (κ1) is 77.5. The van der Waals surface area contributed by atoms with Crippen LogP contribution in [0, 0.1) is 0 Å². The number of hydrogen-bond acceptors (Lipinski definition) is 25. The summed E-state index contributed by atoms with van der Waals surface area (Å²) in [5.74, 6) is -10.8. The van der Waals surface area contributed by atoms with Crippen LogP contribution in [-0.2, 0) is 114 Å². The molecule has 6 aliphatic rings. The first-order valence-corrected chi connectivity index (χ1v) is 31.5. The van der Waals surface area contributed by atoms with E-state index in [1.54, 1.807) is 62.3 Å². The molecule has 0 aromatic rings. The molecule has 6 aliphatic heterocycles. The Kier molecular flexibility index (Phi) is 25.9. The molecule has 6 saturated heterocycles. The number of nitrogens with one attached hydrogen (secondary N) is 10. The van der Waals surface area contributed by atoms with Crippen LogP contribution in [0.1, 0.15) is 130 Å². The maximum Gasteiger partial charge on any atom is 0.407 e. The fourth-order valence-electron chi connectivity index (χ4n) is 11.6. The zero-order valence-electron chi connectivity index (χ0n) is 57.5. The van der Waals surface area contributed by atoms with E-state index in [-0.39, 0.29) is 0 Å². The van der Waals surface area contributed by atoms with Gasteiger partial charge in [0, 0.05) is 40.6 Å². The van der Waals surface area contributed by atoms with E-state index in [0.29, 0.717) is 0 Å². The summed E-state index contributed by atoms with van der Waals surface area (Å²) in [6, 6.07) is -12.2. The smallest absolute Gasteiger partial charge is 0.407 e. The summed E-state index contributed by atoms with van der Waals surface area (Å²) >= 11 is 0. The van der Waals surface area contributed by atoms with Crippen LogP contribution in [0.25, 0.3) is 0 Å². The van der Waals surface area contributed by atoms with Crippen molar-refractivity contribution in [1.82, 2.24) is 53.2 Å². The van der Waals surface area contributed by atoms with Crippen LogP contribution >= 0.6 is 0 Å². The molecule has 0 aromatic carbocycles. The van der Waals surface area contributed by atoms with Crippen LogP contribution in [0.5, 0.6) is 0 Å². The Bertz CT molecular complexity index is 2810. The van der Waals surface area contributed by atoms with E-state index in [4.69, 9.17) is 66.3 Å². The molecule has 6 fully saturated rings. The lowest BCUT2D eigenvalue weighted by Crippen LogP contribution is -2.58. The van der Waals surface area contributed by atoms with Crippen LogP contribution < -0.4 is 53.2 Å². The minimum absolute atomic E-state index is 0.420. The Hall–Kier alpha value is -6.51. The summed E-state index contributed by atoms with van der Waals surface area (Å²) in [6.07, 6.45) is -13.0. The highest BCUT2D eigenvalue weighted by Gasteiger charge is 2.60. The zero-order valence-corrected chi connectivity index (χ0v) is 57.5. The van der Waals surface area contributed by atoms with Gasteiger partial charge in [-0.05, 0) is 111 Å². The lowest BCUT2D eigenvalue weighted by molar-refractivity contribution is -0.220. The Morgan fingerprint density at radius 3 is 0.884 bits per heavy atom. The Morgan fingerprint density at radius 2 is 0.621 bits per heavy atom. The molecule has 95 heavy (non-hydrogen) atoms. The number of alkyl carbamates (subject to hydrolysis) is 1. The highest BCUT2D eigenvalue weighted by molar-refractivity contribution is 5.96. The third-order valence-corrected chi connectivity index (χ3v) is 16.1. The number of amides is 10. The summed E-state index contributed by atoms with van der Waals surface area (Å²) in [5, 5.41) is 25.8. The Balaban J connectivity index is 1.01. The van der Waals surface area contributed by atoms with Crippen molar-refractivity contribution in [3.63, 3.8) is 0 Å². The molecule has 0 unspecified atom stereocenters. The van der Waals surface area contributed by atoms with Crippen LogP contribution in [0.15, 0.2) is 0 Å².